The van der Waals surface area contributed by atoms with Crippen LogP contribution in [0.5, 0.6) is 11.5 Å². The average Bonchev–Trinajstić information content (AvgIpc) is 2.97. The molecule has 2 aromatic carbocycles. The van der Waals surface area contributed by atoms with E-state index in [1.54, 1.807) is 12.1 Å². The van der Waals surface area contributed by atoms with Crippen LogP contribution in [0, 0.1) is 5.82 Å². The van der Waals surface area contributed by atoms with Crippen molar-refractivity contribution in [3.05, 3.63) is 57.8 Å². The van der Waals surface area contributed by atoms with E-state index in [1.165, 1.54) is 6.07 Å². The van der Waals surface area contributed by atoms with Gasteiger partial charge in [-0.2, -0.15) is 0 Å². The zero-order valence-electron chi connectivity index (χ0n) is 12.4. The fourth-order valence-corrected chi connectivity index (χ4v) is 2.93. The van der Waals surface area contributed by atoms with Crippen LogP contribution >= 0.6 is 15.9 Å². The fourth-order valence-electron chi connectivity index (χ4n) is 2.53. The van der Waals surface area contributed by atoms with Gasteiger partial charge in [0.25, 0.3) is 0 Å². The maximum Gasteiger partial charge on any atom is 0.231 e. The van der Waals surface area contributed by atoms with E-state index >= 15 is 0 Å². The topological polar surface area (TPSA) is 30.5 Å². The minimum Gasteiger partial charge on any atom is -0.454 e. The van der Waals surface area contributed by atoms with Gasteiger partial charge in [-0.15, -0.1) is 0 Å². The van der Waals surface area contributed by atoms with Gasteiger partial charge in [-0.05, 0) is 65.2 Å². The number of fused-ring (bicyclic) bond motifs is 1. The molecule has 2 atom stereocenters. The Balaban J connectivity index is 1.73. The summed E-state index contributed by atoms with van der Waals surface area (Å²) in [6.07, 6.45) is 0. The van der Waals surface area contributed by atoms with Gasteiger partial charge in [0.2, 0.25) is 6.79 Å². The second-order valence-electron chi connectivity index (χ2n) is 5.40. The number of benzene rings is 2. The van der Waals surface area contributed by atoms with Crippen LogP contribution in [0.2, 0.25) is 0 Å². The molecule has 0 radical (unpaired) electrons. The van der Waals surface area contributed by atoms with Crippen LogP contribution in [0.15, 0.2) is 40.9 Å². The molecule has 116 valence electrons. The summed E-state index contributed by atoms with van der Waals surface area (Å²) in [5.74, 6) is 1.31. The van der Waals surface area contributed by atoms with E-state index in [-0.39, 0.29) is 24.7 Å². The summed E-state index contributed by atoms with van der Waals surface area (Å²) in [7, 11) is 0. The number of hydrogen-bond acceptors (Lipinski definition) is 3. The summed E-state index contributed by atoms with van der Waals surface area (Å²) in [6, 6.07) is 11.2. The number of ether oxygens (including phenoxy) is 2. The summed E-state index contributed by atoms with van der Waals surface area (Å²) in [6.45, 7) is 4.43. The van der Waals surface area contributed by atoms with Crippen molar-refractivity contribution < 1.29 is 13.9 Å². The van der Waals surface area contributed by atoms with Crippen molar-refractivity contribution in [1.82, 2.24) is 5.32 Å². The van der Waals surface area contributed by atoms with Crippen molar-refractivity contribution in [2.24, 2.45) is 0 Å². The summed E-state index contributed by atoms with van der Waals surface area (Å²) >= 11 is 3.23. The Morgan fingerprint density at radius 1 is 1.00 bits per heavy atom. The van der Waals surface area contributed by atoms with Crippen LogP contribution in [0.4, 0.5) is 4.39 Å². The first-order valence-electron chi connectivity index (χ1n) is 7.15. The molecule has 5 heteroatoms. The molecule has 0 aromatic heterocycles. The van der Waals surface area contributed by atoms with Crippen LogP contribution < -0.4 is 14.8 Å². The highest BCUT2D eigenvalue weighted by molar-refractivity contribution is 9.10. The van der Waals surface area contributed by atoms with Gasteiger partial charge >= 0.3 is 0 Å². The Kier molecular flexibility index (Phi) is 4.36. The molecule has 1 aliphatic heterocycles. The molecule has 0 saturated carbocycles. The summed E-state index contributed by atoms with van der Waals surface area (Å²) in [4.78, 5) is 0. The molecule has 3 rings (SSSR count). The van der Waals surface area contributed by atoms with E-state index in [0.29, 0.717) is 4.47 Å². The van der Waals surface area contributed by atoms with Gasteiger partial charge in [0.05, 0.1) is 4.47 Å². The number of hydrogen-bond donors (Lipinski definition) is 1. The van der Waals surface area contributed by atoms with Gasteiger partial charge in [0.1, 0.15) is 5.82 Å². The minimum atomic E-state index is -0.250. The molecule has 2 aromatic rings. The lowest BCUT2D eigenvalue weighted by atomic mass is 10.0. The average molecular weight is 366 g/mol. The molecule has 0 spiro atoms. The van der Waals surface area contributed by atoms with Gasteiger partial charge in [0, 0.05) is 12.1 Å². The highest BCUT2D eigenvalue weighted by Gasteiger charge is 2.17. The zero-order valence-corrected chi connectivity index (χ0v) is 14.0. The molecule has 0 aliphatic carbocycles. The Labute approximate surface area is 137 Å². The van der Waals surface area contributed by atoms with Crippen molar-refractivity contribution in [2.45, 2.75) is 25.9 Å². The summed E-state index contributed by atoms with van der Waals surface area (Å²) < 4.78 is 24.5. The Morgan fingerprint density at radius 3 is 2.36 bits per heavy atom. The summed E-state index contributed by atoms with van der Waals surface area (Å²) in [5, 5.41) is 3.51. The molecule has 0 bridgehead atoms. The molecule has 0 amide bonds. The monoisotopic (exact) mass is 365 g/mol. The maximum absolute atomic E-state index is 13.3. The lowest BCUT2D eigenvalue weighted by Crippen LogP contribution is -2.22. The molecular weight excluding hydrogens is 349 g/mol. The Bertz CT molecular complexity index is 692. The van der Waals surface area contributed by atoms with Crippen LogP contribution in [0.3, 0.4) is 0 Å². The number of nitrogens with one attached hydrogen (secondary N) is 1. The van der Waals surface area contributed by atoms with Gasteiger partial charge in [-0.25, -0.2) is 4.39 Å². The Hall–Kier alpha value is -1.59. The van der Waals surface area contributed by atoms with Gasteiger partial charge in [-0.1, -0.05) is 12.1 Å². The first-order valence-corrected chi connectivity index (χ1v) is 7.94. The largest absolute Gasteiger partial charge is 0.454 e. The SMILES string of the molecule is CC(NC(C)c1ccc2c(c1)OCO2)c1ccc(F)c(Br)c1. The van der Waals surface area contributed by atoms with Gasteiger partial charge in [-0.3, -0.25) is 0 Å². The number of halogens is 2. The Morgan fingerprint density at radius 2 is 1.64 bits per heavy atom. The van der Waals surface area contributed by atoms with Crippen molar-refractivity contribution >= 4 is 15.9 Å². The smallest absolute Gasteiger partial charge is 0.231 e. The van der Waals surface area contributed by atoms with Crippen molar-refractivity contribution in [3.63, 3.8) is 0 Å². The van der Waals surface area contributed by atoms with Crippen LogP contribution in [0.25, 0.3) is 0 Å². The molecule has 1 heterocycles. The van der Waals surface area contributed by atoms with Gasteiger partial charge < -0.3 is 14.8 Å². The highest BCUT2D eigenvalue weighted by atomic mass is 79.9. The molecule has 0 saturated heterocycles. The van der Waals surface area contributed by atoms with Crippen LogP contribution in [0.1, 0.15) is 37.1 Å². The lowest BCUT2D eigenvalue weighted by molar-refractivity contribution is 0.174. The van der Waals surface area contributed by atoms with Crippen LogP contribution in [-0.2, 0) is 0 Å². The van der Waals surface area contributed by atoms with Gasteiger partial charge in [0.15, 0.2) is 11.5 Å². The summed E-state index contributed by atoms with van der Waals surface area (Å²) in [5.41, 5.74) is 2.15. The maximum atomic E-state index is 13.3. The minimum absolute atomic E-state index is 0.0947. The highest BCUT2D eigenvalue weighted by Crippen LogP contribution is 2.34. The van der Waals surface area contributed by atoms with Crippen molar-refractivity contribution in [3.8, 4) is 11.5 Å². The lowest BCUT2D eigenvalue weighted by Gasteiger charge is -2.21. The predicted molar refractivity (Wildman–Crippen MR) is 86.6 cm³/mol. The van der Waals surface area contributed by atoms with Crippen LogP contribution in [-0.4, -0.2) is 6.79 Å². The first-order chi connectivity index (χ1) is 10.5. The van der Waals surface area contributed by atoms with Crippen molar-refractivity contribution in [2.75, 3.05) is 6.79 Å². The van der Waals surface area contributed by atoms with E-state index in [9.17, 15) is 4.39 Å². The molecule has 1 aliphatic rings. The normalized spacial score (nSPS) is 15.6. The second-order valence-corrected chi connectivity index (χ2v) is 6.25. The standard InChI is InChI=1S/C17H17BrFNO2/c1-10(12-3-5-15(19)14(18)7-12)20-11(2)13-4-6-16-17(8-13)22-9-21-16/h3-8,10-11,20H,9H2,1-2H3. The molecule has 22 heavy (non-hydrogen) atoms. The second kappa shape index (κ2) is 6.26. The quantitative estimate of drug-likeness (QED) is 0.849. The van der Waals surface area contributed by atoms with E-state index in [0.717, 1.165) is 22.6 Å². The third-order valence-corrected chi connectivity index (χ3v) is 4.45. The molecule has 3 nitrogen and oxygen atoms in total. The van der Waals surface area contributed by atoms with E-state index in [2.05, 4.69) is 35.1 Å². The van der Waals surface area contributed by atoms with E-state index in [4.69, 9.17) is 9.47 Å². The predicted octanol–water partition coefficient (Wildman–Crippen LogP) is 4.73. The third-order valence-electron chi connectivity index (χ3n) is 3.84. The van der Waals surface area contributed by atoms with E-state index < -0.39 is 0 Å². The first kappa shape index (κ1) is 15.3. The fraction of sp³-hybridized carbons (Fsp3) is 0.294. The number of rotatable bonds is 4. The van der Waals surface area contributed by atoms with E-state index in [1.807, 2.05) is 18.2 Å². The molecule has 0 fully saturated rings. The zero-order chi connectivity index (χ0) is 15.7. The molecule has 1 N–H and O–H groups in total. The van der Waals surface area contributed by atoms with Crippen molar-refractivity contribution in [1.29, 1.82) is 0 Å². The molecule has 2 unspecified atom stereocenters. The molecular formula is C17H17BrFNO2. The third kappa shape index (κ3) is 3.10.